The largest absolute Gasteiger partial charge is 0.480 e. The Bertz CT molecular complexity index is 350. The molecular weight excluding hydrogens is 190 g/mol. The second kappa shape index (κ2) is 4.03. The first-order valence-corrected chi connectivity index (χ1v) is 5.23. The number of likely N-dealkylation sites (tertiary alicyclic amines) is 1. The number of hydrogen-bond acceptors (Lipinski definition) is 2. The predicted molar refractivity (Wildman–Crippen MR) is 57.6 cm³/mol. The lowest BCUT2D eigenvalue weighted by atomic mass is 9.96. The molecule has 1 aliphatic rings. The van der Waals surface area contributed by atoms with Crippen LogP contribution in [-0.4, -0.2) is 28.6 Å². The van der Waals surface area contributed by atoms with Crippen LogP contribution in [-0.2, 0) is 4.79 Å². The van der Waals surface area contributed by atoms with Crippen LogP contribution >= 0.6 is 0 Å². The van der Waals surface area contributed by atoms with E-state index in [2.05, 4.69) is 6.92 Å². The van der Waals surface area contributed by atoms with Crippen molar-refractivity contribution in [3.63, 3.8) is 0 Å². The molecule has 1 aliphatic heterocycles. The first-order valence-electron chi connectivity index (χ1n) is 5.23. The van der Waals surface area contributed by atoms with Gasteiger partial charge in [-0.3, -0.25) is 9.69 Å². The summed E-state index contributed by atoms with van der Waals surface area (Å²) in [5.41, 5.74) is 1.18. The normalized spacial score (nSPS) is 23.1. The molecule has 0 spiro atoms. The fourth-order valence-corrected chi connectivity index (χ4v) is 2.06. The zero-order valence-corrected chi connectivity index (χ0v) is 8.76. The molecule has 1 fully saturated rings. The van der Waals surface area contributed by atoms with Crippen molar-refractivity contribution in [3.05, 3.63) is 35.9 Å². The van der Waals surface area contributed by atoms with Crippen LogP contribution in [0.5, 0.6) is 0 Å². The van der Waals surface area contributed by atoms with Gasteiger partial charge in [0.25, 0.3) is 0 Å². The van der Waals surface area contributed by atoms with Crippen LogP contribution in [0.3, 0.4) is 0 Å². The lowest BCUT2D eigenvalue weighted by molar-refractivity contribution is -0.150. The van der Waals surface area contributed by atoms with E-state index in [1.54, 1.807) is 0 Å². The van der Waals surface area contributed by atoms with Crippen LogP contribution in [0.2, 0.25) is 0 Å². The second-order valence-electron chi connectivity index (χ2n) is 3.97. The van der Waals surface area contributed by atoms with Gasteiger partial charge in [0, 0.05) is 12.6 Å². The Balaban J connectivity index is 2.09. The van der Waals surface area contributed by atoms with Crippen LogP contribution in [0.25, 0.3) is 0 Å². The molecule has 2 atom stereocenters. The maximum atomic E-state index is 10.9. The van der Waals surface area contributed by atoms with Gasteiger partial charge in [-0.25, -0.2) is 0 Å². The van der Waals surface area contributed by atoms with Crippen molar-refractivity contribution in [2.24, 2.45) is 0 Å². The summed E-state index contributed by atoms with van der Waals surface area (Å²) in [7, 11) is 0. The van der Waals surface area contributed by atoms with Crippen molar-refractivity contribution in [3.8, 4) is 0 Å². The summed E-state index contributed by atoms with van der Waals surface area (Å²) in [6, 6.07) is 9.94. The molecule has 15 heavy (non-hydrogen) atoms. The average molecular weight is 205 g/mol. The van der Waals surface area contributed by atoms with Gasteiger partial charge in [0.1, 0.15) is 6.04 Å². The Hall–Kier alpha value is -1.35. The van der Waals surface area contributed by atoms with Crippen molar-refractivity contribution < 1.29 is 9.90 Å². The van der Waals surface area contributed by atoms with Gasteiger partial charge in [0.05, 0.1) is 0 Å². The summed E-state index contributed by atoms with van der Waals surface area (Å²) in [6.45, 7) is 2.94. The number of carboxylic acid groups (broad SMARTS) is 1. The number of nitrogens with zero attached hydrogens (tertiary/aromatic N) is 1. The molecular formula is C12H15NO2. The minimum Gasteiger partial charge on any atom is -0.480 e. The Morgan fingerprint density at radius 2 is 2.13 bits per heavy atom. The molecule has 1 saturated heterocycles. The van der Waals surface area contributed by atoms with Gasteiger partial charge in [-0.15, -0.1) is 0 Å². The maximum absolute atomic E-state index is 10.9. The van der Waals surface area contributed by atoms with E-state index in [-0.39, 0.29) is 12.1 Å². The maximum Gasteiger partial charge on any atom is 0.320 e. The zero-order valence-electron chi connectivity index (χ0n) is 8.76. The Morgan fingerprint density at radius 1 is 1.47 bits per heavy atom. The van der Waals surface area contributed by atoms with E-state index < -0.39 is 5.97 Å². The smallest absolute Gasteiger partial charge is 0.320 e. The first-order chi connectivity index (χ1) is 7.20. The molecule has 0 radical (unpaired) electrons. The quantitative estimate of drug-likeness (QED) is 0.819. The molecule has 1 heterocycles. The zero-order chi connectivity index (χ0) is 10.8. The third-order valence-corrected chi connectivity index (χ3v) is 3.13. The number of carboxylic acids is 1. The molecule has 1 aromatic rings. The number of aliphatic carboxylic acids is 1. The van der Waals surface area contributed by atoms with Crippen LogP contribution in [0.15, 0.2) is 30.3 Å². The van der Waals surface area contributed by atoms with Crippen molar-refractivity contribution >= 4 is 5.97 Å². The van der Waals surface area contributed by atoms with E-state index in [1.807, 2.05) is 35.2 Å². The molecule has 0 bridgehead atoms. The monoisotopic (exact) mass is 205 g/mol. The van der Waals surface area contributed by atoms with Crippen LogP contribution in [0.1, 0.15) is 24.9 Å². The molecule has 80 valence electrons. The highest BCUT2D eigenvalue weighted by atomic mass is 16.4. The average Bonchev–Trinajstić information content (AvgIpc) is 2.16. The number of hydrogen-bond donors (Lipinski definition) is 1. The summed E-state index contributed by atoms with van der Waals surface area (Å²) in [5, 5.41) is 8.96. The summed E-state index contributed by atoms with van der Waals surface area (Å²) < 4.78 is 0. The fourth-order valence-electron chi connectivity index (χ4n) is 2.06. The van der Waals surface area contributed by atoms with Gasteiger partial charge in [-0.1, -0.05) is 30.3 Å². The molecule has 0 saturated carbocycles. The van der Waals surface area contributed by atoms with Crippen molar-refractivity contribution in [1.29, 1.82) is 0 Å². The third kappa shape index (κ3) is 1.88. The van der Waals surface area contributed by atoms with Gasteiger partial charge >= 0.3 is 5.97 Å². The fraction of sp³-hybridized carbons (Fsp3) is 0.417. The van der Waals surface area contributed by atoms with E-state index in [9.17, 15) is 4.79 Å². The number of carbonyl (C=O) groups is 1. The van der Waals surface area contributed by atoms with E-state index in [0.29, 0.717) is 0 Å². The lowest BCUT2D eigenvalue weighted by Gasteiger charge is -2.42. The van der Waals surface area contributed by atoms with Crippen molar-refractivity contribution in [2.45, 2.75) is 25.4 Å². The van der Waals surface area contributed by atoms with E-state index in [0.717, 1.165) is 13.0 Å². The van der Waals surface area contributed by atoms with Gasteiger partial charge in [-0.05, 0) is 18.9 Å². The summed E-state index contributed by atoms with van der Waals surface area (Å²) in [4.78, 5) is 12.9. The van der Waals surface area contributed by atoms with E-state index >= 15 is 0 Å². The highest BCUT2D eigenvalue weighted by Crippen LogP contribution is 2.29. The van der Waals surface area contributed by atoms with Crippen LogP contribution < -0.4 is 0 Å². The standard InChI is InChI=1S/C12H15NO2/c1-9(10-5-3-2-4-6-10)13-8-7-11(13)12(14)15/h2-6,9,11H,7-8H2,1H3,(H,14,15)/t9-,11+/m1/s1. The second-order valence-corrected chi connectivity index (χ2v) is 3.97. The van der Waals surface area contributed by atoms with Crippen molar-refractivity contribution in [1.82, 2.24) is 4.90 Å². The van der Waals surface area contributed by atoms with Gasteiger partial charge in [0.2, 0.25) is 0 Å². The molecule has 3 nitrogen and oxygen atoms in total. The minimum absolute atomic E-state index is 0.195. The molecule has 0 amide bonds. The number of benzene rings is 1. The predicted octanol–water partition coefficient (Wildman–Crippen LogP) is 1.91. The minimum atomic E-state index is -0.705. The lowest BCUT2D eigenvalue weighted by Crippen LogP contribution is -2.53. The van der Waals surface area contributed by atoms with Crippen LogP contribution in [0, 0.1) is 0 Å². The summed E-state index contributed by atoms with van der Waals surface area (Å²) in [6.07, 6.45) is 0.770. The SMILES string of the molecule is C[C@H](c1ccccc1)N1CC[C@H]1C(=O)O. The molecule has 0 aromatic heterocycles. The first kappa shape index (κ1) is 10.2. The topological polar surface area (TPSA) is 40.5 Å². The molecule has 2 rings (SSSR count). The van der Waals surface area contributed by atoms with Crippen molar-refractivity contribution in [2.75, 3.05) is 6.54 Å². The molecule has 0 aliphatic carbocycles. The Morgan fingerprint density at radius 3 is 2.60 bits per heavy atom. The Labute approximate surface area is 89.3 Å². The highest BCUT2D eigenvalue weighted by molar-refractivity contribution is 5.74. The molecule has 3 heteroatoms. The highest BCUT2D eigenvalue weighted by Gasteiger charge is 2.37. The van der Waals surface area contributed by atoms with Crippen LogP contribution in [0.4, 0.5) is 0 Å². The number of rotatable bonds is 3. The molecule has 1 N–H and O–H groups in total. The van der Waals surface area contributed by atoms with Gasteiger partial charge in [-0.2, -0.15) is 0 Å². The molecule has 1 aromatic carbocycles. The Kier molecular flexibility index (Phi) is 2.73. The molecule has 0 unspecified atom stereocenters. The summed E-state index contributed by atoms with van der Waals surface area (Å²) in [5.74, 6) is -0.705. The van der Waals surface area contributed by atoms with E-state index in [1.165, 1.54) is 5.56 Å². The van der Waals surface area contributed by atoms with Gasteiger partial charge in [0.15, 0.2) is 0 Å². The third-order valence-electron chi connectivity index (χ3n) is 3.13. The van der Waals surface area contributed by atoms with E-state index in [4.69, 9.17) is 5.11 Å². The van der Waals surface area contributed by atoms with Gasteiger partial charge < -0.3 is 5.11 Å². The summed E-state index contributed by atoms with van der Waals surface area (Å²) >= 11 is 0.